The van der Waals surface area contributed by atoms with Gasteiger partial charge >= 0.3 is 0 Å². The number of hydrogen-bond donors (Lipinski definition) is 1. The number of carbonyl (C=O) groups is 1. The highest BCUT2D eigenvalue weighted by Gasteiger charge is 2.16. The first-order chi connectivity index (χ1) is 14.1. The third-order valence-electron chi connectivity index (χ3n) is 5.32. The lowest BCUT2D eigenvalue weighted by Crippen LogP contribution is -2.30. The molecule has 1 atom stereocenters. The third-order valence-corrected chi connectivity index (χ3v) is 5.32. The van der Waals surface area contributed by atoms with Crippen LogP contribution in [0.25, 0.3) is 11.0 Å². The van der Waals surface area contributed by atoms with Gasteiger partial charge < -0.3 is 9.88 Å². The van der Waals surface area contributed by atoms with Crippen LogP contribution < -0.4 is 5.32 Å². The summed E-state index contributed by atoms with van der Waals surface area (Å²) < 4.78 is 2.04. The van der Waals surface area contributed by atoms with E-state index in [-0.39, 0.29) is 18.5 Å². The van der Waals surface area contributed by atoms with Crippen molar-refractivity contribution in [1.82, 2.24) is 14.9 Å². The fourth-order valence-corrected chi connectivity index (χ4v) is 3.67. The van der Waals surface area contributed by atoms with Crippen molar-refractivity contribution in [2.24, 2.45) is 0 Å². The first-order valence-electron chi connectivity index (χ1n) is 9.95. The van der Waals surface area contributed by atoms with E-state index in [1.165, 1.54) is 11.1 Å². The number of para-hydroxylation sites is 2. The molecule has 4 heteroatoms. The van der Waals surface area contributed by atoms with Crippen molar-refractivity contribution in [3.8, 4) is 0 Å². The predicted octanol–water partition coefficient (Wildman–Crippen LogP) is 4.81. The van der Waals surface area contributed by atoms with E-state index in [9.17, 15) is 4.79 Å². The molecule has 146 valence electrons. The molecular formula is C25H25N3O. The van der Waals surface area contributed by atoms with Gasteiger partial charge in [-0.25, -0.2) is 4.98 Å². The molecule has 1 aromatic heterocycles. The summed E-state index contributed by atoms with van der Waals surface area (Å²) in [6.45, 7) is 4.36. The largest absolute Gasteiger partial charge is 0.348 e. The molecule has 4 nitrogen and oxygen atoms in total. The highest BCUT2D eigenvalue weighted by atomic mass is 16.2. The van der Waals surface area contributed by atoms with E-state index in [0.717, 1.165) is 22.4 Å². The minimum absolute atomic E-state index is 0.0180. The van der Waals surface area contributed by atoms with Crippen molar-refractivity contribution in [2.45, 2.75) is 32.9 Å². The number of imidazole rings is 1. The maximum absolute atomic E-state index is 12.8. The summed E-state index contributed by atoms with van der Waals surface area (Å²) >= 11 is 0. The average Bonchev–Trinajstić information content (AvgIpc) is 3.07. The summed E-state index contributed by atoms with van der Waals surface area (Å²) in [4.78, 5) is 17.7. The molecule has 29 heavy (non-hydrogen) atoms. The van der Waals surface area contributed by atoms with E-state index in [2.05, 4.69) is 24.4 Å². The molecule has 0 spiro atoms. The predicted molar refractivity (Wildman–Crippen MR) is 117 cm³/mol. The smallest absolute Gasteiger partial charge is 0.240 e. The lowest BCUT2D eigenvalue weighted by molar-refractivity contribution is -0.122. The highest BCUT2D eigenvalue weighted by Crippen LogP contribution is 2.20. The van der Waals surface area contributed by atoms with Gasteiger partial charge in [-0.1, -0.05) is 66.7 Å². The highest BCUT2D eigenvalue weighted by molar-refractivity contribution is 5.81. The van der Waals surface area contributed by atoms with E-state index in [4.69, 9.17) is 4.98 Å². The number of aryl methyl sites for hydroxylation is 1. The lowest BCUT2D eigenvalue weighted by atomic mass is 10.1. The fourth-order valence-electron chi connectivity index (χ4n) is 3.67. The summed E-state index contributed by atoms with van der Waals surface area (Å²) in [6.07, 6.45) is 0.697. The van der Waals surface area contributed by atoms with Gasteiger partial charge in [-0.3, -0.25) is 4.79 Å². The Labute approximate surface area is 171 Å². The number of benzene rings is 3. The molecule has 1 unspecified atom stereocenters. The molecule has 0 saturated heterocycles. The summed E-state index contributed by atoms with van der Waals surface area (Å²) in [5.41, 5.74) is 5.45. The Morgan fingerprint density at radius 1 is 0.966 bits per heavy atom. The molecule has 0 bridgehead atoms. The molecule has 0 aliphatic heterocycles. The maximum atomic E-state index is 12.8. The van der Waals surface area contributed by atoms with Crippen molar-refractivity contribution in [3.63, 3.8) is 0 Å². The Hall–Kier alpha value is -3.40. The Kier molecular flexibility index (Phi) is 5.43. The second kappa shape index (κ2) is 8.31. The molecular weight excluding hydrogens is 358 g/mol. The van der Waals surface area contributed by atoms with Crippen LogP contribution in [0.5, 0.6) is 0 Å². The number of nitrogens with zero attached hydrogens (tertiary/aromatic N) is 2. The van der Waals surface area contributed by atoms with Gasteiger partial charge in [-0.15, -0.1) is 0 Å². The summed E-state index contributed by atoms with van der Waals surface area (Å²) in [7, 11) is 0. The monoisotopic (exact) mass is 383 g/mol. The van der Waals surface area contributed by atoms with Gasteiger partial charge in [0.15, 0.2) is 0 Å². The van der Waals surface area contributed by atoms with E-state index < -0.39 is 0 Å². The number of hydrogen-bond acceptors (Lipinski definition) is 2. The van der Waals surface area contributed by atoms with Crippen LogP contribution in [0.3, 0.4) is 0 Å². The quantitative estimate of drug-likeness (QED) is 0.519. The Balaban J connectivity index is 1.60. The summed E-state index contributed by atoms with van der Waals surface area (Å²) in [6, 6.07) is 26.3. The third kappa shape index (κ3) is 4.21. The van der Waals surface area contributed by atoms with Gasteiger partial charge in [0, 0.05) is 6.42 Å². The maximum Gasteiger partial charge on any atom is 0.240 e. The average molecular weight is 383 g/mol. The van der Waals surface area contributed by atoms with Crippen LogP contribution in [-0.2, 0) is 17.8 Å². The zero-order valence-corrected chi connectivity index (χ0v) is 16.8. The van der Waals surface area contributed by atoms with Crippen molar-refractivity contribution in [1.29, 1.82) is 0 Å². The van der Waals surface area contributed by atoms with Gasteiger partial charge in [0.25, 0.3) is 0 Å². The van der Waals surface area contributed by atoms with Crippen LogP contribution in [0, 0.1) is 6.92 Å². The number of amides is 1. The minimum Gasteiger partial charge on any atom is -0.348 e. The fraction of sp³-hybridized carbons (Fsp3) is 0.200. The molecule has 0 aliphatic carbocycles. The van der Waals surface area contributed by atoms with Gasteiger partial charge in [0.2, 0.25) is 5.91 Å². The first-order valence-corrected chi connectivity index (χ1v) is 9.95. The van der Waals surface area contributed by atoms with Gasteiger partial charge in [0.1, 0.15) is 12.4 Å². The van der Waals surface area contributed by atoms with Crippen LogP contribution in [-0.4, -0.2) is 15.5 Å². The number of carbonyl (C=O) groups excluding carboxylic acids is 1. The Morgan fingerprint density at radius 3 is 2.45 bits per heavy atom. The molecule has 4 aromatic rings. The molecule has 4 rings (SSSR count). The zero-order chi connectivity index (χ0) is 20.2. The van der Waals surface area contributed by atoms with Crippen LogP contribution in [0.1, 0.15) is 35.5 Å². The lowest BCUT2D eigenvalue weighted by Gasteiger charge is -2.16. The zero-order valence-electron chi connectivity index (χ0n) is 16.8. The van der Waals surface area contributed by atoms with Crippen molar-refractivity contribution in [3.05, 3.63) is 101 Å². The van der Waals surface area contributed by atoms with Gasteiger partial charge in [-0.05, 0) is 42.7 Å². The van der Waals surface area contributed by atoms with E-state index in [1.54, 1.807) is 0 Å². The topological polar surface area (TPSA) is 46.9 Å². The molecule has 0 fully saturated rings. The molecule has 1 heterocycles. The Bertz CT molecular complexity index is 1130. The van der Waals surface area contributed by atoms with Crippen LogP contribution >= 0.6 is 0 Å². The van der Waals surface area contributed by atoms with Gasteiger partial charge in [-0.2, -0.15) is 0 Å². The first kappa shape index (κ1) is 18.9. The molecule has 0 saturated carbocycles. The van der Waals surface area contributed by atoms with Gasteiger partial charge in [0.05, 0.1) is 17.1 Å². The second-order valence-electron chi connectivity index (χ2n) is 7.41. The molecule has 1 N–H and O–H groups in total. The number of rotatable bonds is 6. The minimum atomic E-state index is -0.0432. The number of aromatic nitrogens is 2. The Morgan fingerprint density at radius 2 is 1.66 bits per heavy atom. The van der Waals surface area contributed by atoms with Crippen molar-refractivity contribution < 1.29 is 4.79 Å². The number of fused-ring (bicyclic) bond motifs is 1. The molecule has 0 radical (unpaired) electrons. The number of nitrogens with one attached hydrogen (secondary N) is 1. The molecule has 1 amide bonds. The normalized spacial score (nSPS) is 12.1. The van der Waals surface area contributed by atoms with E-state index in [1.807, 2.05) is 78.2 Å². The van der Waals surface area contributed by atoms with Crippen molar-refractivity contribution >= 4 is 16.9 Å². The van der Waals surface area contributed by atoms with Crippen LogP contribution in [0.15, 0.2) is 78.9 Å². The van der Waals surface area contributed by atoms with Crippen molar-refractivity contribution in [2.75, 3.05) is 0 Å². The second-order valence-corrected chi connectivity index (χ2v) is 7.41. The van der Waals surface area contributed by atoms with Crippen LogP contribution in [0.4, 0.5) is 0 Å². The van der Waals surface area contributed by atoms with E-state index in [0.29, 0.717) is 6.42 Å². The molecule has 0 aliphatic rings. The molecule has 3 aromatic carbocycles. The standard InChI is InChI=1S/C25H25N3O/c1-18-10-6-7-13-21(18)16-24-27-22-14-8-9-15-23(22)28(24)17-25(29)26-19(2)20-11-4-3-5-12-20/h3-15,19H,16-17H2,1-2H3,(H,26,29). The van der Waals surface area contributed by atoms with Crippen LogP contribution in [0.2, 0.25) is 0 Å². The summed E-state index contributed by atoms with van der Waals surface area (Å²) in [5, 5.41) is 3.11. The summed E-state index contributed by atoms with van der Waals surface area (Å²) in [5.74, 6) is 0.888. The SMILES string of the molecule is Cc1ccccc1Cc1nc2ccccc2n1CC(=O)NC(C)c1ccccc1. The van der Waals surface area contributed by atoms with E-state index >= 15 is 0 Å².